The molecule has 3 nitrogen and oxygen atoms in total. The van der Waals surface area contributed by atoms with Gasteiger partial charge in [0.2, 0.25) is 0 Å². The van der Waals surface area contributed by atoms with E-state index in [-0.39, 0.29) is 5.60 Å². The summed E-state index contributed by atoms with van der Waals surface area (Å²) in [4.78, 5) is 0. The van der Waals surface area contributed by atoms with Gasteiger partial charge < -0.3 is 13.7 Å². The SMILES string of the molecule is CSOCc1cccc(OCC(C)(C)OCc2ccsc2)c1. The molecule has 0 radical (unpaired) electrons. The molecule has 0 N–H and O–H groups in total. The van der Waals surface area contributed by atoms with E-state index >= 15 is 0 Å². The van der Waals surface area contributed by atoms with Gasteiger partial charge in [-0.2, -0.15) is 11.3 Å². The van der Waals surface area contributed by atoms with E-state index in [9.17, 15) is 0 Å². The lowest BCUT2D eigenvalue weighted by molar-refractivity contribution is -0.0568. The Bertz CT molecular complexity index is 553. The molecule has 0 aliphatic carbocycles. The summed E-state index contributed by atoms with van der Waals surface area (Å²) >= 11 is 3.05. The molecule has 5 heteroatoms. The lowest BCUT2D eigenvalue weighted by Crippen LogP contribution is -2.32. The van der Waals surface area contributed by atoms with Crippen molar-refractivity contribution in [2.24, 2.45) is 0 Å². The van der Waals surface area contributed by atoms with Crippen LogP contribution in [0.2, 0.25) is 0 Å². The van der Waals surface area contributed by atoms with E-state index in [4.69, 9.17) is 13.7 Å². The maximum atomic E-state index is 5.94. The molecule has 0 saturated carbocycles. The van der Waals surface area contributed by atoms with Crippen molar-refractivity contribution in [1.82, 2.24) is 0 Å². The van der Waals surface area contributed by atoms with Gasteiger partial charge in [-0.3, -0.25) is 0 Å². The minimum absolute atomic E-state index is 0.340. The standard InChI is InChI=1S/C17H22O3S2/c1-17(2,19-10-15-7-8-22-12-15)13-18-16-6-4-5-14(9-16)11-20-21-3/h4-9,12H,10-11,13H2,1-3H3. The van der Waals surface area contributed by atoms with Gasteiger partial charge in [-0.1, -0.05) is 12.1 Å². The molecule has 0 saturated heterocycles. The van der Waals surface area contributed by atoms with Crippen LogP contribution in [0, 0.1) is 0 Å². The molecule has 1 aromatic carbocycles. The number of rotatable bonds is 9. The molecule has 0 aliphatic heterocycles. The van der Waals surface area contributed by atoms with E-state index in [0.29, 0.717) is 19.8 Å². The van der Waals surface area contributed by atoms with Gasteiger partial charge in [-0.15, -0.1) is 0 Å². The van der Waals surface area contributed by atoms with Gasteiger partial charge in [0.15, 0.2) is 0 Å². The van der Waals surface area contributed by atoms with Gasteiger partial charge in [-0.05, 0) is 66.0 Å². The molecule has 0 fully saturated rings. The predicted molar refractivity (Wildman–Crippen MR) is 93.4 cm³/mol. The van der Waals surface area contributed by atoms with Gasteiger partial charge in [0.1, 0.15) is 12.4 Å². The zero-order chi connectivity index (χ0) is 15.8. The third-order valence-electron chi connectivity index (χ3n) is 3.04. The van der Waals surface area contributed by atoms with Crippen LogP contribution in [0.25, 0.3) is 0 Å². The Morgan fingerprint density at radius 1 is 1.14 bits per heavy atom. The van der Waals surface area contributed by atoms with Crippen LogP contribution >= 0.6 is 23.4 Å². The van der Waals surface area contributed by atoms with Crippen molar-refractivity contribution in [3.63, 3.8) is 0 Å². The summed E-state index contributed by atoms with van der Waals surface area (Å²) in [6.07, 6.45) is 1.91. The zero-order valence-corrected chi connectivity index (χ0v) is 14.8. The largest absolute Gasteiger partial charge is 0.491 e. The lowest BCUT2D eigenvalue weighted by Gasteiger charge is -2.25. The van der Waals surface area contributed by atoms with Gasteiger partial charge >= 0.3 is 0 Å². The maximum Gasteiger partial charge on any atom is 0.119 e. The van der Waals surface area contributed by atoms with E-state index < -0.39 is 0 Å². The Kier molecular flexibility index (Phi) is 6.76. The summed E-state index contributed by atoms with van der Waals surface area (Å²) in [5.41, 5.74) is 1.96. The molecular weight excluding hydrogens is 316 g/mol. The van der Waals surface area contributed by atoms with Crippen LogP contribution < -0.4 is 4.74 Å². The first kappa shape index (κ1) is 17.3. The van der Waals surface area contributed by atoms with E-state index in [1.54, 1.807) is 11.3 Å². The second-order valence-corrected chi connectivity index (χ2v) is 6.89. The number of hydrogen-bond donors (Lipinski definition) is 0. The minimum atomic E-state index is -0.340. The van der Waals surface area contributed by atoms with Crippen LogP contribution in [0.5, 0.6) is 5.75 Å². The van der Waals surface area contributed by atoms with Gasteiger partial charge in [0, 0.05) is 6.26 Å². The highest BCUT2D eigenvalue weighted by atomic mass is 32.2. The highest BCUT2D eigenvalue weighted by Crippen LogP contribution is 2.20. The number of hydrogen-bond acceptors (Lipinski definition) is 5. The second-order valence-electron chi connectivity index (χ2n) is 5.54. The predicted octanol–water partition coefficient (Wildman–Crippen LogP) is 4.92. The Hall–Kier alpha value is -1.01. The first-order chi connectivity index (χ1) is 10.6. The Balaban J connectivity index is 1.82. The first-order valence-corrected chi connectivity index (χ1v) is 9.21. The molecule has 1 aromatic heterocycles. The Morgan fingerprint density at radius 3 is 2.73 bits per heavy atom. The molecule has 1 heterocycles. The van der Waals surface area contributed by atoms with Crippen molar-refractivity contribution < 1.29 is 13.7 Å². The van der Waals surface area contributed by atoms with Gasteiger partial charge in [0.05, 0.1) is 18.8 Å². The number of ether oxygens (including phenoxy) is 2. The molecule has 0 bridgehead atoms. The fourth-order valence-electron chi connectivity index (χ4n) is 1.80. The van der Waals surface area contributed by atoms with Crippen molar-refractivity contribution in [1.29, 1.82) is 0 Å². The highest BCUT2D eigenvalue weighted by Gasteiger charge is 2.20. The highest BCUT2D eigenvalue weighted by molar-refractivity contribution is 7.93. The average molecular weight is 338 g/mol. The quantitative estimate of drug-likeness (QED) is 0.607. The number of benzene rings is 1. The topological polar surface area (TPSA) is 27.7 Å². The molecule has 22 heavy (non-hydrogen) atoms. The Morgan fingerprint density at radius 2 is 2.00 bits per heavy atom. The van der Waals surface area contributed by atoms with Crippen molar-refractivity contribution in [2.75, 3.05) is 12.9 Å². The summed E-state index contributed by atoms with van der Waals surface area (Å²) < 4.78 is 17.2. The molecule has 2 rings (SSSR count). The molecule has 120 valence electrons. The van der Waals surface area contributed by atoms with Crippen LogP contribution in [-0.4, -0.2) is 18.5 Å². The van der Waals surface area contributed by atoms with Crippen molar-refractivity contribution in [3.05, 3.63) is 52.2 Å². The van der Waals surface area contributed by atoms with E-state index in [1.807, 2.05) is 44.4 Å². The van der Waals surface area contributed by atoms with E-state index in [2.05, 4.69) is 16.8 Å². The van der Waals surface area contributed by atoms with E-state index in [0.717, 1.165) is 11.3 Å². The monoisotopic (exact) mass is 338 g/mol. The fourth-order valence-corrected chi connectivity index (χ4v) is 2.71. The van der Waals surface area contributed by atoms with Gasteiger partial charge in [0.25, 0.3) is 0 Å². The van der Waals surface area contributed by atoms with Crippen LogP contribution in [0.15, 0.2) is 41.1 Å². The molecule has 0 amide bonds. The van der Waals surface area contributed by atoms with Crippen LogP contribution in [0.3, 0.4) is 0 Å². The summed E-state index contributed by atoms with van der Waals surface area (Å²) in [5.74, 6) is 0.842. The average Bonchev–Trinajstić information content (AvgIpc) is 3.03. The molecule has 0 unspecified atom stereocenters. The maximum absolute atomic E-state index is 5.94. The van der Waals surface area contributed by atoms with Crippen LogP contribution in [0.4, 0.5) is 0 Å². The smallest absolute Gasteiger partial charge is 0.119 e. The summed E-state index contributed by atoms with van der Waals surface area (Å²) in [5, 5.41) is 4.16. The minimum Gasteiger partial charge on any atom is -0.491 e. The molecule has 0 spiro atoms. The molecule has 0 aliphatic rings. The van der Waals surface area contributed by atoms with Crippen molar-refractivity contribution in [2.45, 2.75) is 32.7 Å². The lowest BCUT2D eigenvalue weighted by atomic mass is 10.1. The fraction of sp³-hybridized carbons (Fsp3) is 0.412. The molecular formula is C17H22O3S2. The third-order valence-corrected chi connectivity index (χ3v) is 4.12. The van der Waals surface area contributed by atoms with Gasteiger partial charge in [-0.25, -0.2) is 0 Å². The van der Waals surface area contributed by atoms with Crippen LogP contribution in [0.1, 0.15) is 25.0 Å². The molecule has 0 atom stereocenters. The summed E-state index contributed by atoms with van der Waals surface area (Å²) in [6.45, 7) is 5.78. The molecule has 2 aromatic rings. The summed E-state index contributed by atoms with van der Waals surface area (Å²) in [6, 6.07) is 10.0. The Labute approximate surface area is 140 Å². The third kappa shape index (κ3) is 6.01. The summed E-state index contributed by atoms with van der Waals surface area (Å²) in [7, 11) is 0. The number of thiophene rings is 1. The normalized spacial score (nSPS) is 11.6. The van der Waals surface area contributed by atoms with Crippen molar-refractivity contribution >= 4 is 23.4 Å². The van der Waals surface area contributed by atoms with Crippen molar-refractivity contribution in [3.8, 4) is 5.75 Å². The first-order valence-electron chi connectivity index (χ1n) is 7.11. The van der Waals surface area contributed by atoms with Crippen LogP contribution in [-0.2, 0) is 22.1 Å². The second kappa shape index (κ2) is 8.58. The zero-order valence-electron chi connectivity index (χ0n) is 13.2. The van der Waals surface area contributed by atoms with E-state index in [1.165, 1.54) is 17.6 Å².